The second-order valence-electron chi connectivity index (χ2n) is 9.38. The number of carbonyl (C=O) groups excluding carboxylic acids is 1. The Morgan fingerprint density at radius 2 is 1.87 bits per heavy atom. The largest absolute Gasteiger partial charge is 0.405 e. The van der Waals surface area contributed by atoms with E-state index < -0.39 is 30.2 Å². The van der Waals surface area contributed by atoms with E-state index in [-0.39, 0.29) is 24.1 Å². The molecule has 1 fully saturated rings. The third-order valence-corrected chi connectivity index (χ3v) is 6.55. The molecule has 1 aliphatic carbocycles. The summed E-state index contributed by atoms with van der Waals surface area (Å²) in [4.78, 5) is 21.6. The van der Waals surface area contributed by atoms with Gasteiger partial charge in [-0.25, -0.2) is 9.38 Å². The Labute approximate surface area is 218 Å². The number of benzodiazepines with no additional fused rings is 1. The molecule has 38 heavy (non-hydrogen) atoms. The lowest BCUT2D eigenvalue weighted by Gasteiger charge is -2.32. The van der Waals surface area contributed by atoms with Crippen LogP contribution in [0.1, 0.15) is 30.4 Å². The third-order valence-electron chi connectivity index (χ3n) is 6.55. The van der Waals surface area contributed by atoms with Crippen LogP contribution in [0.5, 0.6) is 0 Å². The highest BCUT2D eigenvalue weighted by Crippen LogP contribution is 2.28. The lowest BCUT2D eigenvalue weighted by molar-refractivity contribution is -0.117. The first-order chi connectivity index (χ1) is 18.4. The van der Waals surface area contributed by atoms with Gasteiger partial charge in [0.05, 0.1) is 17.5 Å². The van der Waals surface area contributed by atoms with E-state index in [9.17, 15) is 14.3 Å². The number of benzene rings is 2. The molecule has 6 N–H and O–H groups in total. The quantitative estimate of drug-likeness (QED) is 0.257. The number of fused-ring (bicyclic) bond motifs is 1. The third kappa shape index (κ3) is 5.62. The number of aliphatic imine (C=N–C) groups is 2. The molecule has 1 saturated carbocycles. The molecule has 2 aromatic carbocycles. The smallest absolute Gasteiger partial charge is 0.290 e. The number of allylic oxidation sites excluding steroid dienone is 1. The predicted octanol–water partition coefficient (Wildman–Crippen LogP) is 2.71. The molecule has 0 saturated heterocycles. The number of rotatable bonds is 6. The summed E-state index contributed by atoms with van der Waals surface area (Å²) in [6, 6.07) is 16.1. The number of alkyl halides is 1. The normalized spacial score (nSPS) is 24.3. The van der Waals surface area contributed by atoms with Crippen molar-refractivity contribution in [2.24, 2.45) is 15.9 Å². The molecule has 10 nitrogen and oxygen atoms in total. The molecule has 2 aromatic rings. The Morgan fingerprint density at radius 3 is 2.63 bits per heavy atom. The van der Waals surface area contributed by atoms with E-state index in [1.54, 1.807) is 12.1 Å². The van der Waals surface area contributed by atoms with E-state index >= 15 is 0 Å². The number of hydrogen-bond donors (Lipinski definition) is 6. The summed E-state index contributed by atoms with van der Waals surface area (Å²) in [6.45, 7) is 0.515. The number of aliphatic hydroxyl groups is 1. The molecule has 3 aliphatic rings. The second-order valence-corrected chi connectivity index (χ2v) is 9.38. The number of anilines is 1. The SMILES string of the molecule is N=C(NC1N=C(c2ccccc2)c2ccccc2NC1=O)OC(=N)C1=C(NCC2CC(O)C2)CC(F)C=N1. The van der Waals surface area contributed by atoms with Gasteiger partial charge in [-0.3, -0.25) is 20.6 Å². The van der Waals surface area contributed by atoms with Gasteiger partial charge in [0.25, 0.3) is 11.9 Å². The van der Waals surface area contributed by atoms with Crippen LogP contribution < -0.4 is 16.0 Å². The highest BCUT2D eigenvalue weighted by molar-refractivity contribution is 6.19. The van der Waals surface area contributed by atoms with Crippen molar-refractivity contribution in [2.45, 2.75) is 37.7 Å². The number of carbonyl (C=O) groups is 1. The maximum atomic E-state index is 14.0. The van der Waals surface area contributed by atoms with Crippen molar-refractivity contribution >= 4 is 35.4 Å². The Hall–Kier alpha value is -4.38. The molecule has 1 amide bonds. The second kappa shape index (κ2) is 10.9. The minimum absolute atomic E-state index is 0.00533. The Morgan fingerprint density at radius 1 is 1.13 bits per heavy atom. The van der Waals surface area contributed by atoms with Crippen LogP contribution in [-0.4, -0.2) is 59.8 Å². The maximum absolute atomic E-state index is 14.0. The van der Waals surface area contributed by atoms with Crippen LogP contribution in [0.25, 0.3) is 0 Å². The summed E-state index contributed by atoms with van der Waals surface area (Å²) in [5.41, 5.74) is 3.14. The number of ether oxygens (including phenoxy) is 1. The van der Waals surface area contributed by atoms with Crippen LogP contribution in [0.15, 0.2) is 76.0 Å². The first-order valence-corrected chi connectivity index (χ1v) is 12.4. The van der Waals surface area contributed by atoms with Crippen molar-refractivity contribution in [3.05, 3.63) is 77.1 Å². The van der Waals surface area contributed by atoms with Crippen LogP contribution in [-0.2, 0) is 9.53 Å². The summed E-state index contributed by atoms with van der Waals surface area (Å²) in [5, 5.41) is 34.7. The minimum Gasteiger partial charge on any atom is -0.405 e. The molecule has 2 unspecified atom stereocenters. The van der Waals surface area contributed by atoms with Crippen LogP contribution in [0.4, 0.5) is 10.1 Å². The zero-order chi connectivity index (χ0) is 26.6. The molecular formula is C27H28FN7O3. The van der Waals surface area contributed by atoms with Gasteiger partial charge in [-0.1, -0.05) is 48.5 Å². The van der Waals surface area contributed by atoms with Gasteiger partial charge in [-0.2, -0.15) is 0 Å². The molecule has 2 aliphatic heterocycles. The molecular weight excluding hydrogens is 489 g/mol. The molecule has 11 heteroatoms. The van der Waals surface area contributed by atoms with Crippen LogP contribution >= 0.6 is 0 Å². The topological polar surface area (TPSA) is 155 Å². The van der Waals surface area contributed by atoms with Crippen LogP contribution in [0, 0.1) is 16.7 Å². The molecule has 2 atom stereocenters. The van der Waals surface area contributed by atoms with Crippen molar-refractivity contribution in [1.82, 2.24) is 10.6 Å². The van der Waals surface area contributed by atoms with E-state index in [4.69, 9.17) is 15.6 Å². The van der Waals surface area contributed by atoms with Gasteiger partial charge in [-0.15, -0.1) is 0 Å². The highest BCUT2D eigenvalue weighted by atomic mass is 19.1. The van der Waals surface area contributed by atoms with Gasteiger partial charge in [0.15, 0.2) is 0 Å². The fourth-order valence-electron chi connectivity index (χ4n) is 4.55. The highest BCUT2D eigenvalue weighted by Gasteiger charge is 2.30. The van der Waals surface area contributed by atoms with Gasteiger partial charge < -0.3 is 25.8 Å². The number of nitrogens with zero attached hydrogens (tertiary/aromatic N) is 2. The van der Waals surface area contributed by atoms with Crippen molar-refractivity contribution < 1.29 is 19.0 Å². The maximum Gasteiger partial charge on any atom is 0.290 e. The fraction of sp³-hybridized carbons (Fsp3) is 0.296. The van der Waals surface area contributed by atoms with Crippen molar-refractivity contribution in [2.75, 3.05) is 11.9 Å². The minimum atomic E-state index is -1.30. The zero-order valence-electron chi connectivity index (χ0n) is 20.4. The Balaban J connectivity index is 1.31. The number of para-hydroxylation sites is 1. The van der Waals surface area contributed by atoms with Gasteiger partial charge in [0.2, 0.25) is 12.1 Å². The molecule has 0 radical (unpaired) electrons. The number of hydrogen-bond acceptors (Lipinski definition) is 8. The summed E-state index contributed by atoms with van der Waals surface area (Å²) >= 11 is 0. The lowest BCUT2D eigenvalue weighted by atomic mass is 9.82. The number of aliphatic hydroxyl groups excluding tert-OH is 1. The molecule has 5 rings (SSSR count). The first-order valence-electron chi connectivity index (χ1n) is 12.4. The Kier molecular flexibility index (Phi) is 7.27. The standard InChI is InChI=1S/C27H28FN7O3/c28-17-12-21(31-13-15-10-18(36)11-15)23(32-14-17)24(29)38-27(30)35-25-26(37)33-20-9-5-4-8-19(20)22(34-25)16-6-2-1-3-7-16/h1-9,14-15,17-18,25,29,31,36H,10-13H2,(H2,30,35)(H,33,37). The van der Waals surface area contributed by atoms with Crippen molar-refractivity contribution in [1.29, 1.82) is 10.8 Å². The first kappa shape index (κ1) is 25.3. The lowest BCUT2D eigenvalue weighted by Crippen LogP contribution is -2.43. The zero-order valence-corrected chi connectivity index (χ0v) is 20.4. The average Bonchev–Trinajstić information content (AvgIpc) is 3.02. The van der Waals surface area contributed by atoms with Gasteiger partial charge in [-0.05, 0) is 24.8 Å². The fourth-order valence-corrected chi connectivity index (χ4v) is 4.55. The number of nitrogens with one attached hydrogen (secondary N) is 5. The average molecular weight is 518 g/mol. The molecule has 0 bridgehead atoms. The Bertz CT molecular complexity index is 1340. The summed E-state index contributed by atoms with van der Waals surface area (Å²) < 4.78 is 19.4. The number of amides is 1. The van der Waals surface area contributed by atoms with Crippen LogP contribution in [0.2, 0.25) is 0 Å². The number of halogens is 1. The summed E-state index contributed by atoms with van der Waals surface area (Å²) in [5.74, 6) is -0.706. The predicted molar refractivity (Wildman–Crippen MR) is 142 cm³/mol. The van der Waals surface area contributed by atoms with Crippen molar-refractivity contribution in [3.63, 3.8) is 0 Å². The van der Waals surface area contributed by atoms with Crippen LogP contribution in [0.3, 0.4) is 0 Å². The van der Waals surface area contributed by atoms with Gasteiger partial charge in [0.1, 0.15) is 11.9 Å². The van der Waals surface area contributed by atoms with Gasteiger partial charge in [0, 0.05) is 36.0 Å². The summed E-state index contributed by atoms with van der Waals surface area (Å²) in [7, 11) is 0. The van der Waals surface area contributed by atoms with Crippen molar-refractivity contribution in [3.8, 4) is 0 Å². The van der Waals surface area contributed by atoms with E-state index in [1.165, 1.54) is 0 Å². The monoisotopic (exact) mass is 517 g/mol. The summed E-state index contributed by atoms with van der Waals surface area (Å²) in [6.07, 6.45) is -0.400. The van der Waals surface area contributed by atoms with E-state index in [0.29, 0.717) is 36.5 Å². The molecule has 196 valence electrons. The van der Waals surface area contributed by atoms with E-state index in [2.05, 4.69) is 25.9 Å². The molecule has 0 spiro atoms. The van der Waals surface area contributed by atoms with E-state index in [1.807, 2.05) is 42.5 Å². The van der Waals surface area contributed by atoms with Gasteiger partial charge >= 0.3 is 0 Å². The molecule has 2 heterocycles. The van der Waals surface area contributed by atoms with E-state index in [0.717, 1.165) is 17.3 Å². The molecule has 0 aromatic heterocycles. The number of amidine groups is 1.